The molecule has 7 heteroatoms. The van der Waals surface area contributed by atoms with Crippen molar-refractivity contribution >= 4 is 22.3 Å². The first-order valence-electron chi connectivity index (χ1n) is 8.05. The highest BCUT2D eigenvalue weighted by molar-refractivity contribution is 6.18. The molecule has 0 aliphatic carbocycles. The highest BCUT2D eigenvalue weighted by Crippen LogP contribution is 2.39. The number of pyridine rings is 2. The minimum atomic E-state index is -4.71. The standard InChI is InChI=1S/C20H13F3N2O2/c1-27-13-8-6-12(7-9-13)18(26)16-14-4-2-10-24-19(14)25-11-3-5-15(25)17(16)20(21,22)23/h2-11H,1H3. The van der Waals surface area contributed by atoms with Gasteiger partial charge in [0.2, 0.25) is 0 Å². The van der Waals surface area contributed by atoms with Gasteiger partial charge in [-0.05, 0) is 48.5 Å². The van der Waals surface area contributed by atoms with E-state index in [1.54, 1.807) is 0 Å². The van der Waals surface area contributed by atoms with Crippen LogP contribution in [0.1, 0.15) is 21.5 Å². The fraction of sp³-hybridized carbons (Fsp3) is 0.100. The molecule has 0 aliphatic heterocycles. The van der Waals surface area contributed by atoms with Crippen LogP contribution >= 0.6 is 0 Å². The van der Waals surface area contributed by atoms with Crippen molar-refractivity contribution in [2.45, 2.75) is 6.18 Å². The summed E-state index contributed by atoms with van der Waals surface area (Å²) < 4.78 is 48.3. The lowest BCUT2D eigenvalue weighted by Gasteiger charge is -2.17. The summed E-state index contributed by atoms with van der Waals surface area (Å²) in [6, 6.07) is 11.8. The van der Waals surface area contributed by atoms with Crippen LogP contribution in [0.3, 0.4) is 0 Å². The van der Waals surface area contributed by atoms with Crippen LogP contribution in [0.5, 0.6) is 5.75 Å². The highest BCUT2D eigenvalue weighted by Gasteiger charge is 2.39. The number of alkyl halides is 3. The summed E-state index contributed by atoms with van der Waals surface area (Å²) in [4.78, 5) is 17.3. The van der Waals surface area contributed by atoms with E-state index in [0.717, 1.165) is 0 Å². The second-order valence-corrected chi connectivity index (χ2v) is 5.94. The molecule has 0 aliphatic rings. The molecule has 0 atom stereocenters. The van der Waals surface area contributed by atoms with Gasteiger partial charge in [0.15, 0.2) is 5.78 Å². The number of rotatable bonds is 3. The van der Waals surface area contributed by atoms with Crippen molar-refractivity contribution in [3.63, 3.8) is 0 Å². The Bertz CT molecular complexity index is 1160. The number of fused-ring (bicyclic) bond motifs is 3. The third kappa shape index (κ3) is 2.71. The van der Waals surface area contributed by atoms with Crippen molar-refractivity contribution in [2.24, 2.45) is 0 Å². The zero-order chi connectivity index (χ0) is 19.2. The van der Waals surface area contributed by atoms with E-state index in [1.807, 2.05) is 0 Å². The summed E-state index contributed by atoms with van der Waals surface area (Å²) in [7, 11) is 1.47. The first kappa shape index (κ1) is 17.1. The first-order chi connectivity index (χ1) is 12.9. The van der Waals surface area contributed by atoms with E-state index in [4.69, 9.17) is 4.74 Å². The Morgan fingerprint density at radius 3 is 2.48 bits per heavy atom. The Balaban J connectivity index is 2.08. The molecule has 0 unspecified atom stereocenters. The number of hydrogen-bond acceptors (Lipinski definition) is 3. The maximum atomic E-state index is 14.0. The largest absolute Gasteiger partial charge is 0.497 e. The molecular weight excluding hydrogens is 357 g/mol. The molecule has 1 aromatic carbocycles. The number of benzene rings is 1. The van der Waals surface area contributed by atoms with E-state index >= 15 is 0 Å². The third-order valence-electron chi connectivity index (χ3n) is 4.40. The quantitative estimate of drug-likeness (QED) is 0.489. The van der Waals surface area contributed by atoms with Gasteiger partial charge in [0, 0.05) is 28.9 Å². The number of hydrogen-bond donors (Lipinski definition) is 0. The smallest absolute Gasteiger partial charge is 0.419 e. The Hall–Kier alpha value is -3.35. The summed E-state index contributed by atoms with van der Waals surface area (Å²) >= 11 is 0. The number of aromatic nitrogens is 2. The SMILES string of the molecule is COc1ccc(C(=O)c2c(C(F)(F)F)c3cccn3c3ncccc23)cc1. The first-order valence-corrected chi connectivity index (χ1v) is 8.05. The van der Waals surface area contributed by atoms with Gasteiger partial charge in [-0.3, -0.25) is 4.79 Å². The Labute approximate surface area is 151 Å². The van der Waals surface area contributed by atoms with Crippen molar-refractivity contribution < 1.29 is 22.7 Å². The Kier molecular flexibility index (Phi) is 3.87. The zero-order valence-corrected chi connectivity index (χ0v) is 14.1. The summed E-state index contributed by atoms with van der Waals surface area (Å²) in [5.74, 6) is -0.206. The van der Waals surface area contributed by atoms with Crippen molar-refractivity contribution in [1.82, 2.24) is 9.38 Å². The molecule has 0 saturated carbocycles. The molecule has 3 aromatic heterocycles. The molecule has 4 aromatic rings. The maximum absolute atomic E-state index is 14.0. The second-order valence-electron chi connectivity index (χ2n) is 5.94. The molecule has 4 rings (SSSR count). The van der Waals surface area contributed by atoms with E-state index in [-0.39, 0.29) is 16.5 Å². The fourth-order valence-corrected chi connectivity index (χ4v) is 3.23. The molecule has 0 N–H and O–H groups in total. The monoisotopic (exact) mass is 370 g/mol. The number of halogens is 3. The lowest BCUT2D eigenvalue weighted by atomic mass is 9.94. The summed E-state index contributed by atoms with van der Waals surface area (Å²) in [6.07, 6.45) is -1.72. The molecule has 0 fully saturated rings. The van der Waals surface area contributed by atoms with E-state index in [2.05, 4.69) is 4.98 Å². The number of carbonyl (C=O) groups excluding carboxylic acids is 1. The molecule has 136 valence electrons. The van der Waals surface area contributed by atoms with Crippen LogP contribution in [0.4, 0.5) is 13.2 Å². The van der Waals surface area contributed by atoms with Gasteiger partial charge in [-0.25, -0.2) is 4.98 Å². The van der Waals surface area contributed by atoms with Crippen LogP contribution in [-0.2, 0) is 6.18 Å². The van der Waals surface area contributed by atoms with E-state index in [0.29, 0.717) is 11.4 Å². The zero-order valence-electron chi connectivity index (χ0n) is 14.1. The highest BCUT2D eigenvalue weighted by atomic mass is 19.4. The van der Waals surface area contributed by atoms with Crippen molar-refractivity contribution in [2.75, 3.05) is 7.11 Å². The van der Waals surface area contributed by atoms with Crippen molar-refractivity contribution in [3.8, 4) is 5.75 Å². The van der Waals surface area contributed by atoms with Crippen LogP contribution in [-0.4, -0.2) is 22.3 Å². The molecule has 3 heterocycles. The van der Waals surface area contributed by atoms with Gasteiger partial charge in [-0.2, -0.15) is 13.2 Å². The van der Waals surface area contributed by atoms with Crippen molar-refractivity contribution in [3.05, 3.63) is 77.6 Å². The molecule has 0 radical (unpaired) electrons. The molecule has 0 saturated heterocycles. The van der Waals surface area contributed by atoms with Crippen LogP contribution < -0.4 is 4.74 Å². The second kappa shape index (κ2) is 6.12. The van der Waals surface area contributed by atoms with Gasteiger partial charge < -0.3 is 9.14 Å². The summed E-state index contributed by atoms with van der Waals surface area (Å²) in [5, 5.41) is 0.148. The minimum absolute atomic E-state index is 0.106. The lowest BCUT2D eigenvalue weighted by Crippen LogP contribution is -2.17. The van der Waals surface area contributed by atoms with Crippen molar-refractivity contribution in [1.29, 1.82) is 0 Å². The average Bonchev–Trinajstić information content (AvgIpc) is 3.15. The summed E-state index contributed by atoms with van der Waals surface area (Å²) in [6.45, 7) is 0. The van der Waals surface area contributed by atoms with Crippen LogP contribution in [0.15, 0.2) is 60.9 Å². The third-order valence-corrected chi connectivity index (χ3v) is 4.40. The predicted octanol–water partition coefficient (Wildman–Crippen LogP) is 4.75. The normalized spacial score (nSPS) is 11.9. The van der Waals surface area contributed by atoms with Gasteiger partial charge in [-0.15, -0.1) is 0 Å². The topological polar surface area (TPSA) is 43.6 Å². The molecule has 0 amide bonds. The minimum Gasteiger partial charge on any atom is -0.497 e. The molecule has 0 spiro atoms. The van der Waals surface area contributed by atoms with Crippen LogP contribution in [0, 0.1) is 0 Å². The van der Waals surface area contributed by atoms with Gasteiger partial charge in [0.25, 0.3) is 0 Å². The maximum Gasteiger partial charge on any atom is 0.419 e. The Morgan fingerprint density at radius 1 is 1.07 bits per heavy atom. The van der Waals surface area contributed by atoms with E-state index in [9.17, 15) is 18.0 Å². The Morgan fingerprint density at radius 2 is 1.81 bits per heavy atom. The van der Waals surface area contributed by atoms with E-state index in [1.165, 1.54) is 72.4 Å². The van der Waals surface area contributed by atoms with Gasteiger partial charge in [-0.1, -0.05) is 0 Å². The van der Waals surface area contributed by atoms with E-state index < -0.39 is 23.1 Å². The fourth-order valence-electron chi connectivity index (χ4n) is 3.23. The van der Waals surface area contributed by atoms with Gasteiger partial charge >= 0.3 is 6.18 Å². The van der Waals surface area contributed by atoms with Gasteiger partial charge in [0.05, 0.1) is 18.2 Å². The lowest BCUT2D eigenvalue weighted by molar-refractivity contribution is -0.136. The predicted molar refractivity (Wildman–Crippen MR) is 94.1 cm³/mol. The summed E-state index contributed by atoms with van der Waals surface area (Å²) in [5.41, 5.74) is -1.04. The molecule has 0 bridgehead atoms. The van der Waals surface area contributed by atoms with Crippen LogP contribution in [0.25, 0.3) is 16.6 Å². The number of nitrogens with zero attached hydrogens (tertiary/aromatic N) is 2. The molecule has 4 nitrogen and oxygen atoms in total. The number of ketones is 1. The number of carbonyl (C=O) groups is 1. The average molecular weight is 370 g/mol. The number of methoxy groups -OCH3 is 1. The van der Waals surface area contributed by atoms with Crippen LogP contribution in [0.2, 0.25) is 0 Å². The molecular formula is C20H13F3N2O2. The molecule has 27 heavy (non-hydrogen) atoms. The number of ether oxygens (including phenoxy) is 1. The van der Waals surface area contributed by atoms with Gasteiger partial charge in [0.1, 0.15) is 11.4 Å².